The Hall–Kier alpha value is -1.90. The number of fused-ring (bicyclic) bond motifs is 3. The molecule has 0 aromatic carbocycles. The number of aryl methyl sites for hydroxylation is 1. The second kappa shape index (κ2) is 2.32. The van der Waals surface area contributed by atoms with Crippen molar-refractivity contribution in [3.8, 4) is 0 Å². The van der Waals surface area contributed by atoms with Crippen LogP contribution in [0.3, 0.4) is 0 Å². The van der Waals surface area contributed by atoms with Crippen molar-refractivity contribution in [3.05, 3.63) is 35.7 Å². The van der Waals surface area contributed by atoms with E-state index in [1.54, 1.807) is 12.3 Å². The van der Waals surface area contributed by atoms with Gasteiger partial charge in [-0.1, -0.05) is 0 Å². The van der Waals surface area contributed by atoms with Gasteiger partial charge in [-0.25, -0.2) is 4.98 Å². The van der Waals surface area contributed by atoms with Gasteiger partial charge in [-0.3, -0.25) is 4.79 Å². The Labute approximate surface area is 80.7 Å². The summed E-state index contributed by atoms with van der Waals surface area (Å²) in [7, 11) is 1.87. The summed E-state index contributed by atoms with van der Waals surface area (Å²) in [5, 5.41) is 1.05. The molecule has 3 rings (SSSR count). The lowest BCUT2D eigenvalue weighted by Gasteiger charge is -1.97. The van der Waals surface area contributed by atoms with Crippen LogP contribution in [0.25, 0.3) is 17.1 Å². The van der Waals surface area contributed by atoms with E-state index in [4.69, 9.17) is 0 Å². The number of rotatable bonds is 0. The maximum atomic E-state index is 11.5. The lowest BCUT2D eigenvalue weighted by molar-refractivity contribution is 0.104. The number of allylic oxidation sites excluding steroid dienone is 1. The smallest absolute Gasteiger partial charge is 0.202 e. The average molecular weight is 184 g/mol. The van der Waals surface area contributed by atoms with Crippen molar-refractivity contribution in [2.45, 2.75) is 0 Å². The van der Waals surface area contributed by atoms with Gasteiger partial charge in [0.15, 0.2) is 0 Å². The molecule has 0 bridgehead atoms. The molecule has 2 heterocycles. The third-order valence-electron chi connectivity index (χ3n) is 2.62. The normalized spacial score (nSPS) is 13.9. The number of nitrogens with zero attached hydrogens (tertiary/aromatic N) is 2. The van der Waals surface area contributed by atoms with Crippen LogP contribution in [-0.4, -0.2) is 15.3 Å². The van der Waals surface area contributed by atoms with Gasteiger partial charge >= 0.3 is 0 Å². The van der Waals surface area contributed by atoms with Crippen molar-refractivity contribution in [2.24, 2.45) is 7.05 Å². The Morgan fingerprint density at radius 1 is 1.36 bits per heavy atom. The first kappa shape index (κ1) is 7.50. The molecule has 1 aliphatic carbocycles. The zero-order valence-electron chi connectivity index (χ0n) is 7.69. The average Bonchev–Trinajstić information content (AvgIpc) is 2.70. The molecule has 0 amide bonds. The van der Waals surface area contributed by atoms with Crippen LogP contribution in [0.1, 0.15) is 16.1 Å². The molecular weight excluding hydrogens is 176 g/mol. The monoisotopic (exact) mass is 184 g/mol. The van der Waals surface area contributed by atoms with Crippen LogP contribution in [-0.2, 0) is 7.05 Å². The molecule has 0 saturated heterocycles. The number of carbonyl (C=O) groups is 1. The quantitative estimate of drug-likeness (QED) is 0.625. The Bertz CT molecular complexity index is 578. The van der Waals surface area contributed by atoms with Gasteiger partial charge in [-0.15, -0.1) is 0 Å². The Kier molecular flexibility index (Phi) is 1.24. The lowest BCUT2D eigenvalue weighted by atomic mass is 10.2. The summed E-state index contributed by atoms with van der Waals surface area (Å²) in [6.45, 7) is 0. The van der Waals surface area contributed by atoms with Crippen LogP contribution in [0.15, 0.2) is 24.4 Å². The predicted octanol–water partition coefficient (Wildman–Crippen LogP) is 1.78. The van der Waals surface area contributed by atoms with Gasteiger partial charge in [0.2, 0.25) is 5.78 Å². The van der Waals surface area contributed by atoms with Gasteiger partial charge in [-0.05, 0) is 24.3 Å². The fourth-order valence-electron chi connectivity index (χ4n) is 1.99. The van der Waals surface area contributed by atoms with Gasteiger partial charge in [-0.2, -0.15) is 0 Å². The number of carbonyl (C=O) groups excluding carboxylic acids is 1. The maximum absolute atomic E-state index is 11.5. The van der Waals surface area contributed by atoms with E-state index >= 15 is 0 Å². The Morgan fingerprint density at radius 2 is 2.21 bits per heavy atom. The maximum Gasteiger partial charge on any atom is 0.202 e. The van der Waals surface area contributed by atoms with Crippen LogP contribution in [0.5, 0.6) is 0 Å². The second-order valence-electron chi connectivity index (χ2n) is 3.39. The van der Waals surface area contributed by atoms with Gasteiger partial charge in [0.05, 0.1) is 5.69 Å². The van der Waals surface area contributed by atoms with E-state index in [-0.39, 0.29) is 5.78 Å². The lowest BCUT2D eigenvalue weighted by Crippen LogP contribution is -2.01. The third kappa shape index (κ3) is 0.719. The van der Waals surface area contributed by atoms with Gasteiger partial charge in [0.25, 0.3) is 0 Å². The van der Waals surface area contributed by atoms with E-state index < -0.39 is 0 Å². The zero-order valence-corrected chi connectivity index (χ0v) is 7.69. The molecule has 2 aromatic heterocycles. The zero-order chi connectivity index (χ0) is 9.71. The summed E-state index contributed by atoms with van der Waals surface area (Å²) in [4.78, 5) is 15.8. The highest BCUT2D eigenvalue weighted by Crippen LogP contribution is 2.29. The molecular formula is C11H8N2O. The molecule has 0 aliphatic heterocycles. The summed E-state index contributed by atoms with van der Waals surface area (Å²) in [6.07, 6.45) is 5.21. The number of hydrogen-bond donors (Lipinski definition) is 0. The number of ketones is 1. The van der Waals surface area contributed by atoms with Crippen molar-refractivity contribution in [1.82, 2.24) is 9.55 Å². The molecule has 1 aliphatic rings. The largest absolute Gasteiger partial charge is 0.325 e. The highest BCUT2D eigenvalue weighted by Gasteiger charge is 2.22. The second-order valence-corrected chi connectivity index (χ2v) is 3.39. The molecule has 0 radical (unpaired) electrons. The molecule has 14 heavy (non-hydrogen) atoms. The van der Waals surface area contributed by atoms with Crippen molar-refractivity contribution in [3.63, 3.8) is 0 Å². The molecule has 3 heteroatoms. The minimum atomic E-state index is 0.0699. The fraction of sp³-hybridized carbons (Fsp3) is 0.0909. The molecule has 0 spiro atoms. The van der Waals surface area contributed by atoms with Crippen molar-refractivity contribution >= 4 is 22.9 Å². The van der Waals surface area contributed by atoms with Crippen molar-refractivity contribution in [1.29, 1.82) is 0 Å². The predicted molar refractivity (Wildman–Crippen MR) is 54.1 cm³/mol. The van der Waals surface area contributed by atoms with E-state index in [0.29, 0.717) is 0 Å². The topological polar surface area (TPSA) is 34.9 Å². The Morgan fingerprint density at radius 3 is 3.07 bits per heavy atom. The molecule has 68 valence electrons. The standard InChI is InChI=1S/C11H8N2O/c1-13-10-7(4-5-9(10)14)8-3-2-6-12-11(8)13/h2-6H,1H3. The van der Waals surface area contributed by atoms with Crippen LogP contribution in [0.4, 0.5) is 0 Å². The van der Waals surface area contributed by atoms with E-state index in [0.717, 1.165) is 22.3 Å². The minimum absolute atomic E-state index is 0.0699. The van der Waals surface area contributed by atoms with E-state index in [9.17, 15) is 4.79 Å². The van der Waals surface area contributed by atoms with E-state index in [1.165, 1.54) is 0 Å². The minimum Gasteiger partial charge on any atom is -0.325 e. The molecule has 0 saturated carbocycles. The van der Waals surface area contributed by atoms with Gasteiger partial charge in [0, 0.05) is 24.2 Å². The number of pyridine rings is 1. The fourth-order valence-corrected chi connectivity index (χ4v) is 1.99. The van der Waals surface area contributed by atoms with Crippen LogP contribution < -0.4 is 0 Å². The molecule has 0 fully saturated rings. The molecule has 3 nitrogen and oxygen atoms in total. The highest BCUT2D eigenvalue weighted by molar-refractivity contribution is 6.17. The first-order valence-electron chi connectivity index (χ1n) is 4.45. The number of hydrogen-bond acceptors (Lipinski definition) is 2. The first-order valence-corrected chi connectivity index (χ1v) is 4.45. The molecule has 2 aromatic rings. The SMILES string of the molecule is Cn1c2c(c3cccnc31)C=CC2=O. The van der Waals surface area contributed by atoms with Crippen LogP contribution in [0.2, 0.25) is 0 Å². The summed E-state index contributed by atoms with van der Waals surface area (Å²) >= 11 is 0. The molecule has 0 unspecified atom stereocenters. The molecule has 0 atom stereocenters. The summed E-state index contributed by atoms with van der Waals surface area (Å²) in [5.74, 6) is 0.0699. The van der Waals surface area contributed by atoms with Gasteiger partial charge in [0.1, 0.15) is 5.65 Å². The van der Waals surface area contributed by atoms with Crippen molar-refractivity contribution < 1.29 is 4.79 Å². The highest BCUT2D eigenvalue weighted by atomic mass is 16.1. The first-order chi connectivity index (χ1) is 6.79. The van der Waals surface area contributed by atoms with E-state index in [2.05, 4.69) is 4.98 Å². The molecule has 0 N–H and O–H groups in total. The Balaban J connectivity index is 2.56. The van der Waals surface area contributed by atoms with Crippen molar-refractivity contribution in [2.75, 3.05) is 0 Å². The van der Waals surface area contributed by atoms with Crippen LogP contribution >= 0.6 is 0 Å². The van der Waals surface area contributed by atoms with E-state index in [1.807, 2.05) is 29.8 Å². The summed E-state index contributed by atoms with van der Waals surface area (Å²) in [6, 6.07) is 3.88. The number of aromatic nitrogens is 2. The van der Waals surface area contributed by atoms with Gasteiger partial charge < -0.3 is 4.57 Å². The summed E-state index contributed by atoms with van der Waals surface area (Å²) in [5.41, 5.74) is 2.62. The van der Waals surface area contributed by atoms with Crippen LogP contribution in [0, 0.1) is 0 Å². The third-order valence-corrected chi connectivity index (χ3v) is 2.62. The summed E-state index contributed by atoms with van der Waals surface area (Å²) < 4.78 is 1.85.